The summed E-state index contributed by atoms with van der Waals surface area (Å²) < 4.78 is 0. The molecule has 0 N–H and O–H groups in total. The second kappa shape index (κ2) is 6870. The summed E-state index contributed by atoms with van der Waals surface area (Å²) in [5.74, 6) is 0. The molecule has 82 valence electrons. The van der Waals surface area contributed by atoms with E-state index in [1.165, 1.54) is 0 Å². The number of hydrogen-bond donors (Lipinski definition) is 0. The van der Waals surface area contributed by atoms with Gasteiger partial charge in [0.2, 0.25) is 5.34 Å². The van der Waals surface area contributed by atoms with Crippen LogP contribution < -0.4 is 88.7 Å². The van der Waals surface area contributed by atoms with Crippen molar-refractivity contribution < 1.29 is 111 Å². The van der Waals surface area contributed by atoms with Crippen molar-refractivity contribution in [1.29, 1.82) is 31.6 Å². The molecule has 0 spiro atoms. The van der Waals surface area contributed by atoms with Crippen molar-refractivity contribution in [3.8, 4) is 0 Å². The van der Waals surface area contributed by atoms with Gasteiger partial charge in [-0.1, -0.05) is 0 Å². The molecular formula is C6FeN7Na3O2. The van der Waals surface area contributed by atoms with Crippen molar-refractivity contribution in [3.05, 3.63) is 44.3 Å². The van der Waals surface area contributed by atoms with Gasteiger partial charge in [0.05, 0.1) is 0 Å². The van der Waals surface area contributed by atoms with Gasteiger partial charge in [0.15, 0.2) is 0 Å². The normalized spacial score (nSPS) is 1.26. The Morgan fingerprint density at radius 2 is 0.526 bits per heavy atom. The fourth-order valence-corrected chi connectivity index (χ4v) is 0. The fraction of sp³-hybridized carbons (Fsp3) is 0. The Labute approximate surface area is 189 Å². The van der Waals surface area contributed by atoms with Crippen molar-refractivity contribution in [3.63, 3.8) is 0 Å². The van der Waals surface area contributed by atoms with Gasteiger partial charge in [-0.2, -0.15) is 0 Å². The summed E-state index contributed by atoms with van der Waals surface area (Å²) in [6, 6.07) is 0. The van der Waals surface area contributed by atoms with Gasteiger partial charge < -0.3 is 71.0 Å². The smallest absolute Gasteiger partial charge is 0.512 e. The standard InChI is InChI=1S/6CN.Fe.NO2.3Na/c6*1-2;;2-1-3;;;/q6*-1;+3;;3*+1. The van der Waals surface area contributed by atoms with Crippen molar-refractivity contribution in [2.75, 3.05) is 0 Å². The zero-order chi connectivity index (χ0) is 14.7. The molecule has 0 rings (SSSR count). The maximum absolute atomic E-state index is 8.00. The fourth-order valence-electron chi connectivity index (χ4n) is 0. The van der Waals surface area contributed by atoms with Crippen LogP contribution in [0.25, 0.3) is 0 Å². The predicted molar refractivity (Wildman–Crippen MR) is 36.3 cm³/mol. The monoisotopic (exact) mass is 327 g/mol. The molecule has 0 aliphatic carbocycles. The van der Waals surface area contributed by atoms with Gasteiger partial charge in [-0.3, -0.25) is 0 Å². The molecule has 0 unspecified atom stereocenters. The Morgan fingerprint density at radius 3 is 0.526 bits per heavy atom. The molecule has 0 aliphatic heterocycles. The first-order valence-electron chi connectivity index (χ1n) is 1.71. The third-order valence-corrected chi connectivity index (χ3v) is 0. The molecule has 0 aromatic rings. The van der Waals surface area contributed by atoms with Crippen LogP contribution in [0.1, 0.15) is 0 Å². The van der Waals surface area contributed by atoms with Crippen LogP contribution in [0.15, 0.2) is 5.34 Å². The summed E-state index contributed by atoms with van der Waals surface area (Å²) in [7, 11) is 0. The van der Waals surface area contributed by atoms with Gasteiger partial charge in [-0.25, -0.2) is 0 Å². The number of rotatable bonds is 0. The molecule has 0 atom stereocenters. The minimum atomic E-state index is 0. The van der Waals surface area contributed by atoms with Gasteiger partial charge in [0.25, 0.3) is 0 Å². The van der Waals surface area contributed by atoms with Gasteiger partial charge in [0, 0.05) is 0 Å². The Balaban J connectivity index is -0.00000000425. The van der Waals surface area contributed by atoms with Crippen molar-refractivity contribution >= 4 is 0 Å². The average Bonchev–Trinajstić information content (AvgIpc) is 2.44. The molecule has 2 radical (unpaired) electrons. The minimum absolute atomic E-state index is 0. The first kappa shape index (κ1) is 97.4. The third-order valence-electron chi connectivity index (χ3n) is 0. The van der Waals surface area contributed by atoms with Crippen LogP contribution >= 0.6 is 0 Å². The van der Waals surface area contributed by atoms with Crippen molar-refractivity contribution in [2.24, 2.45) is 5.34 Å². The predicted octanol–water partition coefficient (Wildman–Crippen LogP) is -8.31. The van der Waals surface area contributed by atoms with Gasteiger partial charge in [-0.15, -0.1) is 10.1 Å². The molecule has 0 aromatic carbocycles. The van der Waals surface area contributed by atoms with E-state index in [0.29, 0.717) is 0 Å². The zero-order valence-electron chi connectivity index (χ0n) is 10.3. The first-order chi connectivity index (χ1) is 7.41. The Hall–Kier alpha value is -0.141. The molecular weight excluding hydrogens is 327 g/mol. The topological polar surface area (TPSA) is 192 Å². The minimum Gasteiger partial charge on any atom is -0.512 e. The number of nitrogens with zero attached hydrogens (tertiary/aromatic N) is 7. The largest absolute Gasteiger partial charge is 3.00 e. The van der Waals surface area contributed by atoms with Gasteiger partial charge >= 0.3 is 106 Å². The van der Waals surface area contributed by atoms with E-state index >= 15 is 0 Å². The Morgan fingerprint density at radius 1 is 0.526 bits per heavy atom. The van der Waals surface area contributed by atoms with Crippen LogP contribution in [0.4, 0.5) is 0 Å². The first-order valence-corrected chi connectivity index (χ1v) is 1.71. The maximum atomic E-state index is 8.00. The van der Waals surface area contributed by atoms with Crippen LogP contribution in [-0.4, -0.2) is 0 Å². The van der Waals surface area contributed by atoms with Crippen LogP contribution in [0, 0.1) is 75.9 Å². The molecule has 0 amide bonds. The van der Waals surface area contributed by atoms with Crippen molar-refractivity contribution in [2.45, 2.75) is 0 Å². The SMILES string of the molecule is [C-]#N.[C-]#N.[C-]#N.[C-]#N.[C-]#N.[C-]#N.[Fe+3].[Na+].[Na+].[Na+].[O]N=O. The number of hydrogen-bond acceptors (Lipinski definition) is 8. The molecule has 19 heavy (non-hydrogen) atoms. The Kier molecular flexibility index (Phi) is 35200. The average molecular weight is 327 g/mol. The van der Waals surface area contributed by atoms with E-state index in [-0.39, 0.29) is 106 Å². The van der Waals surface area contributed by atoms with Gasteiger partial charge in [-0.05, 0) is 0 Å². The van der Waals surface area contributed by atoms with Gasteiger partial charge in [0.1, 0.15) is 0 Å². The van der Waals surface area contributed by atoms with Crippen LogP contribution in [-0.2, 0) is 22.3 Å². The molecule has 9 nitrogen and oxygen atoms in total. The van der Waals surface area contributed by atoms with Crippen LogP contribution in [0.5, 0.6) is 0 Å². The summed E-state index contributed by atoms with van der Waals surface area (Å²) in [6.07, 6.45) is 0. The molecule has 13 heteroatoms. The van der Waals surface area contributed by atoms with E-state index in [0.717, 1.165) is 5.34 Å². The van der Waals surface area contributed by atoms with E-state index in [4.69, 9.17) is 81.1 Å². The molecule has 0 saturated heterocycles. The van der Waals surface area contributed by atoms with E-state index in [9.17, 15) is 0 Å². The second-order valence-corrected chi connectivity index (χ2v) is 0.0745. The van der Waals surface area contributed by atoms with Crippen LogP contribution in [0.2, 0.25) is 0 Å². The molecule has 0 saturated carbocycles. The maximum Gasteiger partial charge on any atom is 3.00 e. The van der Waals surface area contributed by atoms with Crippen LogP contribution in [0.3, 0.4) is 0 Å². The molecule has 0 fully saturated rings. The van der Waals surface area contributed by atoms with E-state index < -0.39 is 0 Å². The summed E-state index contributed by atoms with van der Waals surface area (Å²) in [4.78, 5) is 8.00. The summed E-state index contributed by atoms with van der Waals surface area (Å²) in [5, 5.41) is 46.5. The summed E-state index contributed by atoms with van der Waals surface area (Å²) in [5.41, 5.74) is 0. The molecule has 0 aromatic heterocycles. The van der Waals surface area contributed by atoms with E-state index in [2.05, 4.69) is 0 Å². The molecule has 0 aliphatic rings. The quantitative estimate of drug-likeness (QED) is 0.182. The Bertz CT molecular complexity index is 146. The second-order valence-electron chi connectivity index (χ2n) is 0.0745. The molecule has 0 heterocycles. The van der Waals surface area contributed by atoms with Crippen molar-refractivity contribution in [1.82, 2.24) is 0 Å². The summed E-state index contributed by atoms with van der Waals surface area (Å²) >= 11 is 0. The third kappa shape index (κ3) is 227000. The molecule has 0 bridgehead atoms. The van der Waals surface area contributed by atoms with E-state index in [1.54, 1.807) is 0 Å². The summed E-state index contributed by atoms with van der Waals surface area (Å²) in [6.45, 7) is 28.5. The van der Waals surface area contributed by atoms with E-state index in [1.807, 2.05) is 0 Å². The zero-order valence-corrected chi connectivity index (χ0v) is 17.4.